The summed E-state index contributed by atoms with van der Waals surface area (Å²) in [5, 5.41) is 2.97. The summed E-state index contributed by atoms with van der Waals surface area (Å²) in [6, 6.07) is 17.2. The zero-order valence-electron chi connectivity index (χ0n) is 19.9. The van der Waals surface area contributed by atoms with Gasteiger partial charge in [-0.15, -0.1) is 0 Å². The van der Waals surface area contributed by atoms with Crippen molar-refractivity contribution in [3.05, 3.63) is 83.9 Å². The first-order valence-electron chi connectivity index (χ1n) is 11.8. The number of nitrogens with zero attached hydrogens (tertiary/aromatic N) is 3. The Morgan fingerprint density at radius 2 is 1.34 bits per heavy atom. The Labute approximate surface area is 203 Å². The number of hydrogen-bond acceptors (Lipinski definition) is 4. The molecule has 1 aromatic heterocycles. The molecule has 5 nitrogen and oxygen atoms in total. The molecule has 0 saturated carbocycles. The summed E-state index contributed by atoms with van der Waals surface area (Å²) in [4.78, 5) is 24.6. The van der Waals surface area contributed by atoms with Crippen LogP contribution >= 0.6 is 0 Å². The van der Waals surface area contributed by atoms with Crippen LogP contribution in [0.25, 0.3) is 33.5 Å². The van der Waals surface area contributed by atoms with Crippen molar-refractivity contribution >= 4 is 16.9 Å². The smallest absolute Gasteiger partial charge is 0.251 e. The summed E-state index contributed by atoms with van der Waals surface area (Å²) >= 11 is 0. The number of carbonyl (C=O) groups is 1. The predicted octanol–water partition coefficient (Wildman–Crippen LogP) is 5.70. The highest BCUT2D eigenvalue weighted by atomic mass is 19.1. The fraction of sp³-hybridized carbons (Fsp3) is 0.250. The third-order valence-corrected chi connectivity index (χ3v) is 5.99. The molecule has 35 heavy (non-hydrogen) atoms. The highest BCUT2D eigenvalue weighted by molar-refractivity contribution is 5.98. The van der Waals surface area contributed by atoms with E-state index < -0.39 is 0 Å². The maximum absolute atomic E-state index is 13.6. The number of fused-ring (bicyclic) bond motifs is 1. The van der Waals surface area contributed by atoms with Crippen molar-refractivity contribution in [2.24, 2.45) is 0 Å². The first kappa shape index (κ1) is 24.4. The van der Waals surface area contributed by atoms with Gasteiger partial charge in [0.25, 0.3) is 5.91 Å². The van der Waals surface area contributed by atoms with Crippen molar-refractivity contribution in [3.8, 4) is 22.5 Å². The standard InChI is InChI=1S/C28H28F2N4O/c1-3-34(4-2)17-5-16-31-28(35)21-10-15-24-25(18-21)33-27(20-8-13-23(30)14-9-20)26(32-24)19-6-11-22(29)12-7-19/h6-15,18H,3-5,16-17H2,1-2H3,(H,31,35). The summed E-state index contributed by atoms with van der Waals surface area (Å²) in [6.07, 6.45) is 0.872. The number of hydrogen-bond donors (Lipinski definition) is 1. The Balaban J connectivity index is 1.65. The summed E-state index contributed by atoms with van der Waals surface area (Å²) in [5.74, 6) is -0.872. The second-order valence-corrected chi connectivity index (χ2v) is 8.27. The molecule has 0 bridgehead atoms. The van der Waals surface area contributed by atoms with Gasteiger partial charge in [0.15, 0.2) is 0 Å². The third kappa shape index (κ3) is 5.87. The number of rotatable bonds is 9. The second kappa shape index (κ2) is 11.1. The van der Waals surface area contributed by atoms with Crippen molar-refractivity contribution in [2.75, 3.05) is 26.2 Å². The molecular formula is C28H28F2N4O. The van der Waals surface area contributed by atoms with E-state index >= 15 is 0 Å². The van der Waals surface area contributed by atoms with Gasteiger partial charge >= 0.3 is 0 Å². The van der Waals surface area contributed by atoms with E-state index in [1.165, 1.54) is 24.3 Å². The molecule has 1 heterocycles. The first-order chi connectivity index (χ1) is 17.0. The fourth-order valence-corrected chi connectivity index (χ4v) is 3.96. The van der Waals surface area contributed by atoms with E-state index in [1.807, 2.05) is 0 Å². The molecule has 7 heteroatoms. The summed E-state index contributed by atoms with van der Waals surface area (Å²) < 4.78 is 27.1. The maximum Gasteiger partial charge on any atom is 0.251 e. The molecule has 0 atom stereocenters. The van der Waals surface area contributed by atoms with Gasteiger partial charge in [0.2, 0.25) is 0 Å². The van der Waals surface area contributed by atoms with Gasteiger partial charge in [0, 0.05) is 23.2 Å². The average Bonchev–Trinajstić information content (AvgIpc) is 2.88. The third-order valence-electron chi connectivity index (χ3n) is 5.99. The molecule has 0 radical (unpaired) electrons. The van der Waals surface area contributed by atoms with Gasteiger partial charge in [-0.1, -0.05) is 13.8 Å². The van der Waals surface area contributed by atoms with Gasteiger partial charge in [-0.2, -0.15) is 0 Å². The van der Waals surface area contributed by atoms with Crippen LogP contribution in [0.15, 0.2) is 66.7 Å². The highest BCUT2D eigenvalue weighted by Crippen LogP contribution is 2.31. The van der Waals surface area contributed by atoms with Crippen LogP contribution in [0.1, 0.15) is 30.6 Å². The molecule has 1 N–H and O–H groups in total. The quantitative estimate of drug-likeness (QED) is 0.316. The summed E-state index contributed by atoms with van der Waals surface area (Å²) in [5.41, 5.74) is 4.09. The molecule has 4 rings (SSSR count). The Bertz CT molecular complexity index is 1300. The molecular weight excluding hydrogens is 446 g/mol. The van der Waals surface area contributed by atoms with Crippen molar-refractivity contribution in [2.45, 2.75) is 20.3 Å². The number of carbonyl (C=O) groups excluding carboxylic acids is 1. The molecule has 0 aliphatic carbocycles. The molecule has 0 spiro atoms. The normalized spacial score (nSPS) is 11.2. The Kier molecular flexibility index (Phi) is 7.77. The van der Waals surface area contributed by atoms with Crippen LogP contribution in [0, 0.1) is 11.6 Å². The van der Waals surface area contributed by atoms with E-state index in [4.69, 9.17) is 9.97 Å². The van der Waals surface area contributed by atoms with Gasteiger partial charge < -0.3 is 10.2 Å². The number of amides is 1. The summed E-state index contributed by atoms with van der Waals surface area (Å²) in [6.45, 7) is 7.75. The van der Waals surface area contributed by atoms with E-state index in [0.29, 0.717) is 45.7 Å². The molecule has 0 saturated heterocycles. The Morgan fingerprint density at radius 1 is 0.800 bits per heavy atom. The zero-order chi connectivity index (χ0) is 24.8. The molecule has 180 valence electrons. The SMILES string of the molecule is CCN(CC)CCCNC(=O)c1ccc2nc(-c3ccc(F)cc3)c(-c3ccc(F)cc3)nc2c1. The minimum Gasteiger partial charge on any atom is -0.352 e. The molecule has 0 aliphatic heterocycles. The lowest BCUT2D eigenvalue weighted by atomic mass is 10.0. The Morgan fingerprint density at radius 3 is 1.89 bits per heavy atom. The highest BCUT2D eigenvalue weighted by Gasteiger charge is 2.15. The molecule has 3 aromatic carbocycles. The minimum absolute atomic E-state index is 0.167. The fourth-order valence-electron chi connectivity index (χ4n) is 3.96. The van der Waals surface area contributed by atoms with E-state index in [9.17, 15) is 13.6 Å². The van der Waals surface area contributed by atoms with Crippen molar-refractivity contribution < 1.29 is 13.6 Å². The average molecular weight is 475 g/mol. The van der Waals surface area contributed by atoms with Crippen LogP contribution in [0.5, 0.6) is 0 Å². The molecule has 1 amide bonds. The first-order valence-corrected chi connectivity index (χ1v) is 11.8. The lowest BCUT2D eigenvalue weighted by Gasteiger charge is -2.17. The van der Waals surface area contributed by atoms with Crippen molar-refractivity contribution in [1.82, 2.24) is 20.2 Å². The monoisotopic (exact) mass is 474 g/mol. The Hall–Kier alpha value is -3.71. The van der Waals surface area contributed by atoms with Crippen LogP contribution in [0.3, 0.4) is 0 Å². The van der Waals surface area contributed by atoms with Crippen LogP contribution < -0.4 is 5.32 Å². The van der Waals surface area contributed by atoms with E-state index in [-0.39, 0.29) is 17.5 Å². The molecule has 4 aromatic rings. The lowest BCUT2D eigenvalue weighted by molar-refractivity contribution is 0.0952. The van der Waals surface area contributed by atoms with E-state index in [2.05, 4.69) is 24.1 Å². The zero-order valence-corrected chi connectivity index (χ0v) is 19.9. The van der Waals surface area contributed by atoms with E-state index in [0.717, 1.165) is 26.1 Å². The minimum atomic E-state index is -0.356. The van der Waals surface area contributed by atoms with Gasteiger partial charge in [0.1, 0.15) is 11.6 Å². The number of aromatic nitrogens is 2. The van der Waals surface area contributed by atoms with Gasteiger partial charge in [-0.05, 0) is 92.8 Å². The summed E-state index contributed by atoms with van der Waals surface area (Å²) in [7, 11) is 0. The lowest BCUT2D eigenvalue weighted by Crippen LogP contribution is -2.29. The molecule has 0 fully saturated rings. The van der Waals surface area contributed by atoms with Crippen LogP contribution in [0.2, 0.25) is 0 Å². The number of halogens is 2. The van der Waals surface area contributed by atoms with Gasteiger partial charge in [-0.3, -0.25) is 4.79 Å². The number of nitrogens with one attached hydrogen (secondary N) is 1. The van der Waals surface area contributed by atoms with Crippen molar-refractivity contribution in [1.29, 1.82) is 0 Å². The van der Waals surface area contributed by atoms with Crippen molar-refractivity contribution in [3.63, 3.8) is 0 Å². The van der Waals surface area contributed by atoms with Crippen LogP contribution in [-0.4, -0.2) is 47.0 Å². The van der Waals surface area contributed by atoms with E-state index in [1.54, 1.807) is 42.5 Å². The predicted molar refractivity (Wildman–Crippen MR) is 135 cm³/mol. The second-order valence-electron chi connectivity index (χ2n) is 8.27. The van der Waals surface area contributed by atoms with Gasteiger partial charge in [0.05, 0.1) is 22.4 Å². The topological polar surface area (TPSA) is 58.1 Å². The number of benzene rings is 3. The van der Waals surface area contributed by atoms with Crippen LogP contribution in [0.4, 0.5) is 8.78 Å². The maximum atomic E-state index is 13.6. The van der Waals surface area contributed by atoms with Gasteiger partial charge in [-0.25, -0.2) is 18.7 Å². The van der Waals surface area contributed by atoms with Crippen LogP contribution in [-0.2, 0) is 0 Å². The molecule has 0 unspecified atom stereocenters. The largest absolute Gasteiger partial charge is 0.352 e. The molecule has 0 aliphatic rings.